The number of rotatable bonds is 4. The van der Waals surface area contributed by atoms with Crippen LogP contribution < -0.4 is 0 Å². The molecule has 2 fully saturated rings. The summed E-state index contributed by atoms with van der Waals surface area (Å²) in [6.07, 6.45) is 7.10. The SMILES string of the molecule is CC(C)CN1CCC2(CCN(Cc3cnn(C)c3)CC2)C1=O. The average molecular weight is 304 g/mol. The van der Waals surface area contributed by atoms with E-state index in [-0.39, 0.29) is 5.41 Å². The summed E-state index contributed by atoms with van der Waals surface area (Å²) in [5, 5.41) is 4.23. The standard InChI is InChI=1S/C17H28N4O/c1-14(2)11-21-9-6-17(16(21)22)4-7-20(8-5-17)13-15-10-18-19(3)12-15/h10,12,14H,4-9,11,13H2,1-3H3. The summed E-state index contributed by atoms with van der Waals surface area (Å²) < 4.78 is 1.85. The van der Waals surface area contributed by atoms with Crippen molar-refractivity contribution in [2.75, 3.05) is 26.2 Å². The first kappa shape index (κ1) is 15.5. The zero-order chi connectivity index (χ0) is 15.7. The van der Waals surface area contributed by atoms with Gasteiger partial charge in [0.05, 0.1) is 11.6 Å². The lowest BCUT2D eigenvalue weighted by Crippen LogP contribution is -2.44. The number of amides is 1. The fraction of sp³-hybridized carbons (Fsp3) is 0.765. The lowest BCUT2D eigenvalue weighted by atomic mass is 9.77. The Morgan fingerprint density at radius 2 is 1.91 bits per heavy atom. The Kier molecular flexibility index (Phi) is 4.26. The Morgan fingerprint density at radius 1 is 1.23 bits per heavy atom. The maximum Gasteiger partial charge on any atom is 0.228 e. The number of hydrogen-bond donors (Lipinski definition) is 0. The van der Waals surface area contributed by atoms with Gasteiger partial charge in [-0.25, -0.2) is 0 Å². The zero-order valence-corrected chi connectivity index (χ0v) is 14.1. The molecule has 5 heteroatoms. The number of piperidine rings is 1. The minimum Gasteiger partial charge on any atom is -0.342 e. The van der Waals surface area contributed by atoms with Crippen LogP contribution in [0.4, 0.5) is 0 Å². The van der Waals surface area contributed by atoms with Crippen molar-refractivity contribution in [2.24, 2.45) is 18.4 Å². The number of aromatic nitrogens is 2. The van der Waals surface area contributed by atoms with Crippen molar-refractivity contribution >= 4 is 5.91 Å². The molecule has 0 N–H and O–H groups in total. The number of hydrogen-bond acceptors (Lipinski definition) is 3. The number of aryl methyl sites for hydroxylation is 1. The fourth-order valence-electron chi connectivity index (χ4n) is 3.92. The highest BCUT2D eigenvalue weighted by molar-refractivity contribution is 5.85. The highest BCUT2D eigenvalue weighted by atomic mass is 16.2. The molecule has 0 aliphatic carbocycles. The third kappa shape index (κ3) is 3.05. The summed E-state index contributed by atoms with van der Waals surface area (Å²) in [4.78, 5) is 17.3. The van der Waals surface area contributed by atoms with E-state index in [2.05, 4.69) is 34.9 Å². The molecule has 5 nitrogen and oxygen atoms in total. The van der Waals surface area contributed by atoms with Crippen LogP contribution in [0.3, 0.4) is 0 Å². The van der Waals surface area contributed by atoms with Crippen LogP contribution in [0.15, 0.2) is 12.4 Å². The molecule has 0 atom stereocenters. The van der Waals surface area contributed by atoms with Crippen LogP contribution in [-0.4, -0.2) is 51.7 Å². The number of carbonyl (C=O) groups is 1. The van der Waals surface area contributed by atoms with Gasteiger partial charge >= 0.3 is 0 Å². The van der Waals surface area contributed by atoms with Gasteiger partial charge in [0.2, 0.25) is 5.91 Å². The maximum absolute atomic E-state index is 12.8. The predicted octanol–water partition coefficient (Wildman–Crippen LogP) is 1.89. The fourth-order valence-corrected chi connectivity index (χ4v) is 3.92. The van der Waals surface area contributed by atoms with Crippen molar-refractivity contribution in [3.63, 3.8) is 0 Å². The van der Waals surface area contributed by atoms with Crippen molar-refractivity contribution in [3.05, 3.63) is 18.0 Å². The molecule has 0 saturated carbocycles. The van der Waals surface area contributed by atoms with E-state index in [4.69, 9.17) is 0 Å². The second-order valence-corrected chi connectivity index (χ2v) is 7.47. The summed E-state index contributed by atoms with van der Waals surface area (Å²) in [5.41, 5.74) is 1.21. The largest absolute Gasteiger partial charge is 0.342 e. The van der Waals surface area contributed by atoms with Crippen LogP contribution in [0.5, 0.6) is 0 Å². The highest BCUT2D eigenvalue weighted by Gasteiger charge is 2.47. The van der Waals surface area contributed by atoms with Gasteiger partial charge in [0, 0.05) is 38.4 Å². The van der Waals surface area contributed by atoms with Crippen LogP contribution in [0.1, 0.15) is 38.7 Å². The van der Waals surface area contributed by atoms with Crippen molar-refractivity contribution < 1.29 is 4.79 Å². The molecule has 0 bridgehead atoms. The summed E-state index contributed by atoms with van der Waals surface area (Å²) in [6, 6.07) is 0. The Hall–Kier alpha value is -1.36. The Morgan fingerprint density at radius 3 is 2.50 bits per heavy atom. The van der Waals surface area contributed by atoms with Crippen molar-refractivity contribution in [2.45, 2.75) is 39.7 Å². The van der Waals surface area contributed by atoms with Crippen LogP contribution >= 0.6 is 0 Å². The van der Waals surface area contributed by atoms with Gasteiger partial charge < -0.3 is 4.90 Å². The molecule has 122 valence electrons. The third-order valence-electron chi connectivity index (χ3n) is 5.16. The molecule has 22 heavy (non-hydrogen) atoms. The second kappa shape index (κ2) is 6.03. The van der Waals surface area contributed by atoms with Crippen LogP contribution in [0.2, 0.25) is 0 Å². The molecular formula is C17H28N4O. The molecule has 3 rings (SSSR count). The zero-order valence-electron chi connectivity index (χ0n) is 14.1. The molecule has 0 aromatic carbocycles. The van der Waals surface area contributed by atoms with Gasteiger partial charge in [-0.2, -0.15) is 5.10 Å². The van der Waals surface area contributed by atoms with Crippen molar-refractivity contribution in [1.82, 2.24) is 19.6 Å². The first-order valence-electron chi connectivity index (χ1n) is 8.48. The van der Waals surface area contributed by atoms with Crippen molar-refractivity contribution in [3.8, 4) is 0 Å². The van der Waals surface area contributed by atoms with Gasteiger partial charge in [0.25, 0.3) is 0 Å². The van der Waals surface area contributed by atoms with E-state index in [0.717, 1.165) is 52.0 Å². The lowest BCUT2D eigenvalue weighted by molar-refractivity contribution is -0.138. The second-order valence-electron chi connectivity index (χ2n) is 7.47. The molecule has 1 amide bonds. The molecule has 2 aliphatic heterocycles. The van der Waals surface area contributed by atoms with E-state index in [1.807, 2.05) is 17.9 Å². The molecule has 2 saturated heterocycles. The average Bonchev–Trinajstić information content (AvgIpc) is 3.00. The van der Waals surface area contributed by atoms with Gasteiger partial charge in [-0.15, -0.1) is 0 Å². The van der Waals surface area contributed by atoms with E-state index in [1.165, 1.54) is 5.56 Å². The number of nitrogens with zero attached hydrogens (tertiary/aromatic N) is 4. The monoisotopic (exact) mass is 304 g/mol. The van der Waals surface area contributed by atoms with E-state index < -0.39 is 0 Å². The van der Waals surface area contributed by atoms with Crippen LogP contribution in [0.25, 0.3) is 0 Å². The lowest BCUT2D eigenvalue weighted by Gasteiger charge is -2.38. The Bertz CT molecular complexity index is 529. The molecule has 1 aromatic rings. The van der Waals surface area contributed by atoms with Gasteiger partial charge in [-0.3, -0.25) is 14.4 Å². The van der Waals surface area contributed by atoms with E-state index in [1.54, 1.807) is 0 Å². The van der Waals surface area contributed by atoms with E-state index in [0.29, 0.717) is 11.8 Å². The minimum atomic E-state index is -0.0552. The molecule has 0 unspecified atom stereocenters. The minimum absolute atomic E-state index is 0.0552. The van der Waals surface area contributed by atoms with Gasteiger partial charge in [-0.1, -0.05) is 13.8 Å². The number of likely N-dealkylation sites (tertiary alicyclic amines) is 2. The van der Waals surface area contributed by atoms with Gasteiger partial charge in [0.1, 0.15) is 0 Å². The molecular weight excluding hydrogens is 276 g/mol. The molecule has 2 aliphatic rings. The Labute approximate surface area is 133 Å². The molecule has 1 aromatic heterocycles. The van der Waals surface area contributed by atoms with Crippen LogP contribution in [0, 0.1) is 11.3 Å². The topological polar surface area (TPSA) is 41.4 Å². The molecule has 0 radical (unpaired) electrons. The number of carbonyl (C=O) groups excluding carboxylic acids is 1. The summed E-state index contributed by atoms with van der Waals surface area (Å²) in [6.45, 7) is 9.25. The molecule has 1 spiro atoms. The van der Waals surface area contributed by atoms with Gasteiger partial charge in [0.15, 0.2) is 0 Å². The predicted molar refractivity (Wildman–Crippen MR) is 86.2 cm³/mol. The van der Waals surface area contributed by atoms with E-state index in [9.17, 15) is 4.79 Å². The molecule has 3 heterocycles. The smallest absolute Gasteiger partial charge is 0.228 e. The first-order valence-corrected chi connectivity index (χ1v) is 8.48. The van der Waals surface area contributed by atoms with E-state index >= 15 is 0 Å². The normalized spacial score (nSPS) is 22.2. The van der Waals surface area contributed by atoms with Crippen LogP contribution in [-0.2, 0) is 18.4 Å². The summed E-state index contributed by atoms with van der Waals surface area (Å²) in [5.74, 6) is 0.979. The maximum atomic E-state index is 12.8. The van der Waals surface area contributed by atoms with Crippen molar-refractivity contribution in [1.29, 1.82) is 0 Å². The quantitative estimate of drug-likeness (QED) is 0.853. The summed E-state index contributed by atoms with van der Waals surface area (Å²) >= 11 is 0. The third-order valence-corrected chi connectivity index (χ3v) is 5.16. The van der Waals surface area contributed by atoms with Gasteiger partial charge in [-0.05, 0) is 38.3 Å². The Balaban J connectivity index is 1.56. The first-order chi connectivity index (χ1) is 10.5. The summed E-state index contributed by atoms with van der Waals surface area (Å²) in [7, 11) is 1.95. The highest BCUT2D eigenvalue weighted by Crippen LogP contribution is 2.41.